The van der Waals surface area contributed by atoms with Gasteiger partial charge in [-0.25, -0.2) is 13.8 Å². The lowest BCUT2D eigenvalue weighted by atomic mass is 9.98. The summed E-state index contributed by atoms with van der Waals surface area (Å²) in [6, 6.07) is 14.9. The number of amides is 1. The van der Waals surface area contributed by atoms with Crippen LogP contribution in [0.5, 0.6) is 0 Å². The van der Waals surface area contributed by atoms with Crippen LogP contribution in [-0.2, 0) is 29.7 Å². The molecule has 1 saturated heterocycles. The van der Waals surface area contributed by atoms with E-state index in [1.54, 1.807) is 0 Å². The highest BCUT2D eigenvalue weighted by atomic mass is 32.2. The normalized spacial score (nSPS) is 21.0. The molecule has 0 bridgehead atoms. The van der Waals surface area contributed by atoms with Crippen molar-refractivity contribution < 1.29 is 27.5 Å². The summed E-state index contributed by atoms with van der Waals surface area (Å²) < 4.78 is 28.2. The molecule has 8 heteroatoms. The Morgan fingerprint density at radius 3 is 2.32 bits per heavy atom. The number of benzene rings is 2. The monoisotopic (exact) mass is 401 g/mol. The topological polar surface area (TPSA) is 82.1 Å². The molecular formula is C20H19NO6S. The molecule has 28 heavy (non-hydrogen) atoms. The Kier molecular flexibility index (Phi) is 5.15. The highest BCUT2D eigenvalue weighted by Gasteiger charge is 2.41. The number of fused-ring (bicyclic) bond motifs is 3. The van der Waals surface area contributed by atoms with Gasteiger partial charge in [-0.3, -0.25) is 4.18 Å². The summed E-state index contributed by atoms with van der Waals surface area (Å²) in [5.74, 6) is -0.780. The molecule has 1 amide bonds. The van der Waals surface area contributed by atoms with Crippen LogP contribution in [0.15, 0.2) is 48.5 Å². The third-order valence-electron chi connectivity index (χ3n) is 5.01. The molecule has 0 aromatic heterocycles. The minimum atomic E-state index is -2.10. The summed E-state index contributed by atoms with van der Waals surface area (Å²) in [4.78, 5) is 24.6. The van der Waals surface area contributed by atoms with Gasteiger partial charge < -0.3 is 9.47 Å². The van der Waals surface area contributed by atoms with Gasteiger partial charge in [0.2, 0.25) is 0 Å². The highest BCUT2D eigenvalue weighted by Crippen LogP contribution is 2.44. The Morgan fingerprint density at radius 1 is 1.11 bits per heavy atom. The lowest BCUT2D eigenvalue weighted by Gasteiger charge is -2.30. The number of carbonyl (C=O) groups is 2. The number of carbonyl (C=O) groups excluding carboxylic acids is 2. The molecule has 7 nitrogen and oxygen atoms in total. The van der Waals surface area contributed by atoms with E-state index in [2.05, 4.69) is 0 Å². The lowest BCUT2D eigenvalue weighted by Crippen LogP contribution is -2.51. The van der Waals surface area contributed by atoms with Crippen molar-refractivity contribution in [2.45, 2.75) is 18.4 Å². The van der Waals surface area contributed by atoms with Gasteiger partial charge in [-0.15, -0.1) is 0 Å². The summed E-state index contributed by atoms with van der Waals surface area (Å²) in [5.41, 5.74) is 4.35. The fourth-order valence-electron chi connectivity index (χ4n) is 3.70. The van der Waals surface area contributed by atoms with Crippen LogP contribution >= 0.6 is 0 Å². The van der Waals surface area contributed by atoms with Crippen molar-refractivity contribution in [2.75, 3.05) is 20.3 Å². The van der Waals surface area contributed by atoms with Crippen molar-refractivity contribution in [1.29, 1.82) is 0 Å². The van der Waals surface area contributed by atoms with Gasteiger partial charge in [0, 0.05) is 12.3 Å². The SMILES string of the molecule is COC(=O)C1CCOS(=O)N1C(=O)OCC1c2ccccc2-c2ccccc21. The van der Waals surface area contributed by atoms with Crippen LogP contribution in [0.2, 0.25) is 0 Å². The first-order valence-electron chi connectivity index (χ1n) is 8.89. The molecule has 1 aliphatic carbocycles. The Bertz CT molecular complexity index is 900. The molecule has 0 N–H and O–H groups in total. The number of hydrogen-bond acceptors (Lipinski definition) is 6. The molecule has 2 aliphatic rings. The van der Waals surface area contributed by atoms with Crippen LogP contribution < -0.4 is 0 Å². The first-order valence-corrected chi connectivity index (χ1v) is 9.92. The van der Waals surface area contributed by atoms with Crippen molar-refractivity contribution in [1.82, 2.24) is 4.31 Å². The summed E-state index contributed by atoms with van der Waals surface area (Å²) in [7, 11) is 1.22. The Labute approximate surface area is 165 Å². The van der Waals surface area contributed by atoms with Gasteiger partial charge in [0.15, 0.2) is 6.04 Å². The molecular weight excluding hydrogens is 382 g/mol. The molecule has 2 aromatic carbocycles. The summed E-state index contributed by atoms with van der Waals surface area (Å²) in [6.45, 7) is 0.161. The molecule has 0 spiro atoms. The van der Waals surface area contributed by atoms with Crippen LogP contribution in [0.4, 0.5) is 4.79 Å². The minimum Gasteiger partial charge on any atom is -0.467 e. The van der Waals surface area contributed by atoms with E-state index >= 15 is 0 Å². The second-order valence-electron chi connectivity index (χ2n) is 6.50. The average molecular weight is 401 g/mol. The van der Waals surface area contributed by atoms with Crippen LogP contribution in [0.3, 0.4) is 0 Å². The summed E-state index contributed by atoms with van der Waals surface area (Å²) >= 11 is -2.10. The van der Waals surface area contributed by atoms with E-state index in [9.17, 15) is 13.8 Å². The van der Waals surface area contributed by atoms with Crippen LogP contribution in [-0.4, -0.2) is 46.9 Å². The number of nitrogens with zero attached hydrogens (tertiary/aromatic N) is 1. The van der Waals surface area contributed by atoms with E-state index in [0.717, 1.165) is 26.6 Å². The van der Waals surface area contributed by atoms with Crippen molar-refractivity contribution in [3.05, 3.63) is 59.7 Å². The zero-order valence-electron chi connectivity index (χ0n) is 15.2. The van der Waals surface area contributed by atoms with Crippen molar-refractivity contribution >= 4 is 23.3 Å². The van der Waals surface area contributed by atoms with Crippen LogP contribution in [0.25, 0.3) is 11.1 Å². The molecule has 0 radical (unpaired) electrons. The van der Waals surface area contributed by atoms with E-state index in [4.69, 9.17) is 13.7 Å². The standard InChI is InChI=1S/C20H19NO6S/c1-25-19(22)18-10-11-27-28(24)21(18)20(23)26-12-17-15-8-4-2-6-13(15)14-7-3-5-9-16(14)17/h2-9,17-18H,10-12H2,1H3. The molecule has 2 atom stereocenters. The smallest absolute Gasteiger partial charge is 0.424 e. The minimum absolute atomic E-state index is 0.0639. The predicted molar refractivity (Wildman–Crippen MR) is 101 cm³/mol. The number of esters is 1. The fourth-order valence-corrected chi connectivity index (χ4v) is 4.63. The van der Waals surface area contributed by atoms with Crippen LogP contribution in [0, 0.1) is 0 Å². The maximum atomic E-state index is 12.6. The van der Waals surface area contributed by atoms with Gasteiger partial charge in [-0.2, -0.15) is 4.31 Å². The van der Waals surface area contributed by atoms with Gasteiger partial charge in [0.05, 0.1) is 13.7 Å². The van der Waals surface area contributed by atoms with Gasteiger partial charge in [-0.1, -0.05) is 48.5 Å². The van der Waals surface area contributed by atoms with Gasteiger partial charge in [0.1, 0.15) is 6.61 Å². The van der Waals surface area contributed by atoms with E-state index in [1.165, 1.54) is 7.11 Å². The quantitative estimate of drug-likeness (QED) is 0.736. The summed E-state index contributed by atoms with van der Waals surface area (Å²) in [5, 5.41) is 0. The van der Waals surface area contributed by atoms with Crippen LogP contribution in [0.1, 0.15) is 23.5 Å². The van der Waals surface area contributed by atoms with Crippen molar-refractivity contribution in [3.63, 3.8) is 0 Å². The average Bonchev–Trinajstić information content (AvgIpc) is 3.05. The third-order valence-corrected chi connectivity index (χ3v) is 6.10. The summed E-state index contributed by atoms with van der Waals surface area (Å²) in [6.07, 6.45) is -0.668. The van der Waals surface area contributed by atoms with Gasteiger partial charge in [0.25, 0.3) is 11.3 Å². The second kappa shape index (κ2) is 7.73. The number of hydrogen-bond donors (Lipinski definition) is 0. The number of rotatable bonds is 3. The maximum Gasteiger partial charge on any atom is 0.424 e. The van der Waals surface area contributed by atoms with E-state index in [-0.39, 0.29) is 25.6 Å². The maximum absolute atomic E-state index is 12.6. The molecule has 4 rings (SSSR count). The Hall–Kier alpha value is -2.71. The van der Waals surface area contributed by atoms with Gasteiger partial charge in [-0.05, 0) is 22.3 Å². The fraction of sp³-hybridized carbons (Fsp3) is 0.300. The zero-order chi connectivity index (χ0) is 19.7. The van der Waals surface area contributed by atoms with E-state index in [1.807, 2.05) is 48.5 Å². The molecule has 1 fully saturated rings. The molecule has 1 aliphatic heterocycles. The largest absolute Gasteiger partial charge is 0.467 e. The van der Waals surface area contributed by atoms with E-state index in [0.29, 0.717) is 0 Å². The Morgan fingerprint density at radius 2 is 1.71 bits per heavy atom. The molecule has 1 heterocycles. The molecule has 146 valence electrons. The third kappa shape index (κ3) is 3.18. The van der Waals surface area contributed by atoms with Crippen molar-refractivity contribution in [2.24, 2.45) is 0 Å². The first-order chi connectivity index (χ1) is 13.6. The molecule has 2 aromatic rings. The van der Waals surface area contributed by atoms with Gasteiger partial charge >= 0.3 is 12.1 Å². The lowest BCUT2D eigenvalue weighted by molar-refractivity contribution is -0.145. The predicted octanol–water partition coefficient (Wildman–Crippen LogP) is 2.78. The second-order valence-corrected chi connectivity index (χ2v) is 7.56. The molecule has 2 unspecified atom stereocenters. The van der Waals surface area contributed by atoms with Crippen molar-refractivity contribution in [3.8, 4) is 11.1 Å². The number of ether oxygens (including phenoxy) is 2. The Balaban J connectivity index is 1.55. The highest BCUT2D eigenvalue weighted by molar-refractivity contribution is 7.78. The first kappa shape index (κ1) is 18.6. The molecule has 0 saturated carbocycles. The van der Waals surface area contributed by atoms with E-state index < -0.39 is 29.4 Å². The number of methoxy groups -OCH3 is 1. The zero-order valence-corrected chi connectivity index (χ0v) is 16.0.